The molecule has 1 aliphatic rings. The first kappa shape index (κ1) is 12.8. The van der Waals surface area contributed by atoms with Crippen LogP contribution in [0.15, 0.2) is 12.2 Å². The number of carbonyl (C=O) groups is 4. The summed E-state index contributed by atoms with van der Waals surface area (Å²) in [6.07, 6.45) is 1.58. The molecule has 0 amide bonds. The minimum Gasteiger partial charge on any atom is -0.481 e. The van der Waals surface area contributed by atoms with E-state index in [1.165, 1.54) is 0 Å². The molecule has 7 heteroatoms. The van der Waals surface area contributed by atoms with Gasteiger partial charge in [0.05, 0.1) is 12.8 Å². The normalized spacial score (nSPS) is 12.8. The Labute approximate surface area is 84.0 Å². The van der Waals surface area contributed by atoms with Gasteiger partial charge in [0.15, 0.2) is 0 Å². The highest BCUT2D eigenvalue weighted by molar-refractivity contribution is 6.04. The third-order valence-electron chi connectivity index (χ3n) is 1.11. The Bertz CT molecular complexity index is 285. The average Bonchev–Trinajstić information content (AvgIpc) is 2.47. The van der Waals surface area contributed by atoms with Crippen LogP contribution in [0.25, 0.3) is 0 Å². The smallest absolute Gasteiger partial charge is 0.338 e. The highest BCUT2D eigenvalue weighted by Gasteiger charge is 2.10. The van der Waals surface area contributed by atoms with E-state index in [1.54, 1.807) is 0 Å². The number of hydrogen-bond donors (Lipinski definition) is 2. The molecule has 15 heavy (non-hydrogen) atoms. The molecular weight excluding hydrogens is 208 g/mol. The van der Waals surface area contributed by atoms with Crippen molar-refractivity contribution in [1.82, 2.24) is 0 Å². The van der Waals surface area contributed by atoms with Crippen LogP contribution in [-0.4, -0.2) is 34.1 Å². The molecule has 0 aromatic heterocycles. The summed E-state index contributed by atoms with van der Waals surface area (Å²) in [7, 11) is 0. The predicted molar refractivity (Wildman–Crippen MR) is 44.7 cm³/mol. The van der Waals surface area contributed by atoms with Gasteiger partial charge < -0.3 is 14.9 Å². The summed E-state index contributed by atoms with van der Waals surface area (Å²) in [5.41, 5.74) is 0. The van der Waals surface area contributed by atoms with E-state index in [4.69, 9.17) is 10.2 Å². The monoisotopic (exact) mass is 216 g/mol. The van der Waals surface area contributed by atoms with Crippen molar-refractivity contribution in [3.05, 3.63) is 12.2 Å². The number of esters is 2. The SMILES string of the molecule is O=C(O)CCC(=O)O.O=C1C=CC(=O)O1. The van der Waals surface area contributed by atoms with E-state index in [2.05, 4.69) is 4.74 Å². The number of rotatable bonds is 3. The fourth-order valence-electron chi connectivity index (χ4n) is 0.517. The van der Waals surface area contributed by atoms with Crippen molar-refractivity contribution in [3.8, 4) is 0 Å². The molecule has 0 aromatic rings. The molecule has 82 valence electrons. The summed E-state index contributed by atoms with van der Waals surface area (Å²) in [4.78, 5) is 39.1. The number of cyclic esters (lactones) is 2. The number of ether oxygens (including phenoxy) is 1. The van der Waals surface area contributed by atoms with Crippen LogP contribution >= 0.6 is 0 Å². The molecule has 0 unspecified atom stereocenters. The molecule has 0 aromatic carbocycles. The number of carboxylic acids is 2. The van der Waals surface area contributed by atoms with Crippen LogP contribution in [0.5, 0.6) is 0 Å². The van der Waals surface area contributed by atoms with E-state index in [9.17, 15) is 19.2 Å². The Morgan fingerprint density at radius 2 is 1.33 bits per heavy atom. The van der Waals surface area contributed by atoms with Crippen LogP contribution in [0.4, 0.5) is 0 Å². The van der Waals surface area contributed by atoms with E-state index >= 15 is 0 Å². The highest BCUT2D eigenvalue weighted by atomic mass is 16.6. The molecule has 0 bridgehead atoms. The molecule has 1 rings (SSSR count). The number of hydrogen-bond acceptors (Lipinski definition) is 5. The molecule has 0 saturated carbocycles. The Hall–Kier alpha value is -2.18. The molecule has 0 fully saturated rings. The Morgan fingerprint density at radius 1 is 1.00 bits per heavy atom. The number of aliphatic carboxylic acids is 2. The largest absolute Gasteiger partial charge is 0.481 e. The fourth-order valence-corrected chi connectivity index (χ4v) is 0.517. The molecule has 0 atom stereocenters. The maximum absolute atomic E-state index is 9.92. The standard InChI is InChI=1S/C4H6O4.C4H2O3/c5-3(6)1-2-4(7)8;5-3-1-2-4(6)7-3/h1-2H2,(H,5,6)(H,7,8);1-2H. The van der Waals surface area contributed by atoms with E-state index in [0.717, 1.165) is 12.2 Å². The van der Waals surface area contributed by atoms with Crippen LogP contribution in [0, 0.1) is 0 Å². The van der Waals surface area contributed by atoms with Crippen LogP contribution in [0.2, 0.25) is 0 Å². The molecule has 1 aliphatic heterocycles. The van der Waals surface area contributed by atoms with Crippen LogP contribution in [-0.2, 0) is 23.9 Å². The highest BCUT2D eigenvalue weighted by Crippen LogP contribution is 1.92. The summed E-state index contributed by atoms with van der Waals surface area (Å²) >= 11 is 0. The lowest BCUT2D eigenvalue weighted by Gasteiger charge is -1.85. The van der Waals surface area contributed by atoms with Gasteiger partial charge in [-0.2, -0.15) is 0 Å². The third kappa shape index (κ3) is 8.16. The summed E-state index contributed by atoms with van der Waals surface area (Å²) in [6, 6.07) is 0. The minimum atomic E-state index is -1.08. The molecule has 2 N–H and O–H groups in total. The van der Waals surface area contributed by atoms with Gasteiger partial charge in [0.25, 0.3) is 0 Å². The third-order valence-corrected chi connectivity index (χ3v) is 1.11. The van der Waals surface area contributed by atoms with E-state index in [0.29, 0.717) is 0 Å². The zero-order chi connectivity index (χ0) is 11.8. The lowest BCUT2D eigenvalue weighted by Crippen LogP contribution is -2.00. The van der Waals surface area contributed by atoms with Gasteiger partial charge in [-0.05, 0) is 0 Å². The van der Waals surface area contributed by atoms with Crippen LogP contribution in [0.1, 0.15) is 12.8 Å². The van der Waals surface area contributed by atoms with Crippen molar-refractivity contribution in [2.45, 2.75) is 12.8 Å². The quantitative estimate of drug-likeness (QED) is 0.485. The number of carboxylic acid groups (broad SMARTS) is 2. The summed E-state index contributed by atoms with van der Waals surface area (Å²) in [6.45, 7) is 0. The molecule has 0 radical (unpaired) electrons. The Morgan fingerprint density at radius 3 is 1.47 bits per heavy atom. The zero-order valence-electron chi connectivity index (χ0n) is 7.50. The first-order valence-corrected chi connectivity index (χ1v) is 3.79. The first-order valence-electron chi connectivity index (χ1n) is 3.79. The zero-order valence-corrected chi connectivity index (χ0v) is 7.50. The van der Waals surface area contributed by atoms with Crippen LogP contribution in [0.3, 0.4) is 0 Å². The van der Waals surface area contributed by atoms with Crippen molar-refractivity contribution < 1.29 is 34.1 Å². The molecule has 1 heterocycles. The predicted octanol–water partition coefficient (Wildman–Crippen LogP) is -0.438. The van der Waals surface area contributed by atoms with Crippen molar-refractivity contribution >= 4 is 23.9 Å². The second-order valence-electron chi connectivity index (χ2n) is 2.36. The van der Waals surface area contributed by atoms with Gasteiger partial charge >= 0.3 is 23.9 Å². The second-order valence-corrected chi connectivity index (χ2v) is 2.36. The lowest BCUT2D eigenvalue weighted by atomic mass is 10.3. The van der Waals surface area contributed by atoms with Crippen molar-refractivity contribution in [2.24, 2.45) is 0 Å². The molecule has 0 aliphatic carbocycles. The van der Waals surface area contributed by atoms with Crippen molar-refractivity contribution in [3.63, 3.8) is 0 Å². The molecule has 7 nitrogen and oxygen atoms in total. The maximum atomic E-state index is 9.92. The van der Waals surface area contributed by atoms with Crippen molar-refractivity contribution in [1.29, 1.82) is 0 Å². The van der Waals surface area contributed by atoms with Gasteiger partial charge in [0.2, 0.25) is 0 Å². The number of carbonyl (C=O) groups excluding carboxylic acids is 2. The van der Waals surface area contributed by atoms with E-state index < -0.39 is 23.9 Å². The van der Waals surface area contributed by atoms with Gasteiger partial charge in [0, 0.05) is 12.2 Å². The average molecular weight is 216 g/mol. The summed E-state index contributed by atoms with van der Waals surface area (Å²) in [5.74, 6) is -3.31. The van der Waals surface area contributed by atoms with E-state index in [1.807, 2.05) is 0 Å². The van der Waals surface area contributed by atoms with Crippen LogP contribution < -0.4 is 0 Å². The molecular formula is C8H8O7. The summed E-state index contributed by atoms with van der Waals surface area (Å²) in [5, 5.41) is 15.8. The maximum Gasteiger partial charge on any atom is 0.338 e. The topological polar surface area (TPSA) is 118 Å². The Balaban J connectivity index is 0.000000262. The fraction of sp³-hybridized carbons (Fsp3) is 0.250. The minimum absolute atomic E-state index is 0.296. The lowest BCUT2D eigenvalue weighted by molar-refractivity contribution is -0.150. The van der Waals surface area contributed by atoms with Gasteiger partial charge in [-0.25, -0.2) is 9.59 Å². The second kappa shape index (κ2) is 6.30. The van der Waals surface area contributed by atoms with E-state index in [-0.39, 0.29) is 12.8 Å². The van der Waals surface area contributed by atoms with Gasteiger partial charge in [0.1, 0.15) is 0 Å². The molecule has 0 spiro atoms. The Kier molecular flexibility index (Phi) is 5.38. The van der Waals surface area contributed by atoms with Gasteiger partial charge in [-0.1, -0.05) is 0 Å². The molecule has 0 saturated heterocycles. The van der Waals surface area contributed by atoms with Gasteiger partial charge in [-0.3, -0.25) is 9.59 Å². The van der Waals surface area contributed by atoms with Gasteiger partial charge in [-0.15, -0.1) is 0 Å². The first-order chi connectivity index (χ1) is 6.91. The van der Waals surface area contributed by atoms with Crippen molar-refractivity contribution in [2.75, 3.05) is 0 Å². The summed E-state index contributed by atoms with van der Waals surface area (Å²) < 4.78 is 3.97.